The van der Waals surface area contributed by atoms with Crippen molar-refractivity contribution in [3.05, 3.63) is 83.4 Å². The second-order valence-electron chi connectivity index (χ2n) is 6.37. The van der Waals surface area contributed by atoms with Gasteiger partial charge in [-0.3, -0.25) is 0 Å². The highest BCUT2D eigenvalue weighted by Crippen LogP contribution is 2.40. The molecule has 0 spiro atoms. The Morgan fingerprint density at radius 1 is 0.750 bits per heavy atom. The van der Waals surface area contributed by atoms with Crippen LogP contribution < -0.4 is 4.74 Å². The molecule has 0 fully saturated rings. The van der Waals surface area contributed by atoms with E-state index in [1.165, 1.54) is 19.2 Å². The number of benzene rings is 4. The van der Waals surface area contributed by atoms with Gasteiger partial charge in [0, 0.05) is 27.3 Å². The fourth-order valence-electron chi connectivity index (χ4n) is 3.30. The number of ether oxygens (including phenoxy) is 1. The molecule has 1 N–H and O–H groups in total. The molecule has 4 aromatic carbocycles. The Hall–Kier alpha value is -3.11. The lowest BCUT2D eigenvalue weighted by molar-refractivity contribution is 0.416. The lowest BCUT2D eigenvalue weighted by Gasteiger charge is -2.14. The zero-order chi connectivity index (χ0) is 19.8. The molecule has 0 bridgehead atoms. The topological polar surface area (TPSA) is 29.5 Å². The number of halogens is 3. The third-order valence-electron chi connectivity index (χ3n) is 4.66. The minimum absolute atomic E-state index is 0.0509. The van der Waals surface area contributed by atoms with E-state index in [0.717, 1.165) is 0 Å². The maximum Gasteiger partial charge on any atom is 0.132 e. The van der Waals surface area contributed by atoms with Crippen LogP contribution in [0.25, 0.3) is 33.0 Å². The van der Waals surface area contributed by atoms with Crippen LogP contribution in [0.2, 0.25) is 5.02 Å². The van der Waals surface area contributed by atoms with E-state index in [4.69, 9.17) is 16.3 Å². The van der Waals surface area contributed by atoms with Crippen LogP contribution in [0.1, 0.15) is 0 Å². The standard InChI is InChI=1S/C23H15ClF2O2/c1-28-23-11-14-10-22(27)18(16-4-2-3-5-20(16)25)8-13(14)9-19(23)17-7-6-15(24)12-21(17)26/h2-12,27H,1H3. The van der Waals surface area contributed by atoms with Crippen LogP contribution in [-0.2, 0) is 0 Å². The van der Waals surface area contributed by atoms with E-state index in [-0.39, 0.29) is 11.3 Å². The summed E-state index contributed by atoms with van der Waals surface area (Å²) in [4.78, 5) is 0. The lowest BCUT2D eigenvalue weighted by atomic mass is 9.95. The first-order valence-corrected chi connectivity index (χ1v) is 8.91. The molecule has 0 aliphatic heterocycles. The van der Waals surface area contributed by atoms with Crippen LogP contribution in [0.15, 0.2) is 66.7 Å². The Balaban J connectivity index is 1.97. The van der Waals surface area contributed by atoms with Crippen molar-refractivity contribution >= 4 is 22.4 Å². The first kappa shape index (κ1) is 18.3. The van der Waals surface area contributed by atoms with Gasteiger partial charge >= 0.3 is 0 Å². The van der Waals surface area contributed by atoms with Crippen molar-refractivity contribution in [1.29, 1.82) is 0 Å². The third-order valence-corrected chi connectivity index (χ3v) is 4.89. The van der Waals surface area contributed by atoms with Crippen molar-refractivity contribution in [3.63, 3.8) is 0 Å². The zero-order valence-electron chi connectivity index (χ0n) is 14.8. The normalized spacial score (nSPS) is 11.0. The van der Waals surface area contributed by atoms with Crippen molar-refractivity contribution in [2.24, 2.45) is 0 Å². The maximum absolute atomic E-state index is 14.5. The summed E-state index contributed by atoms with van der Waals surface area (Å²) in [5.41, 5.74) is 1.52. The minimum Gasteiger partial charge on any atom is -0.507 e. The molecule has 0 saturated carbocycles. The summed E-state index contributed by atoms with van der Waals surface area (Å²) in [7, 11) is 1.49. The Kier molecular flexibility index (Phi) is 4.65. The number of phenolic OH excluding ortho intramolecular Hbond substituents is 1. The Morgan fingerprint density at radius 2 is 1.43 bits per heavy atom. The van der Waals surface area contributed by atoms with Gasteiger partial charge in [-0.05, 0) is 59.3 Å². The number of fused-ring (bicyclic) bond motifs is 1. The molecule has 4 rings (SSSR count). The first-order chi connectivity index (χ1) is 13.5. The van der Waals surface area contributed by atoms with Crippen LogP contribution in [0.5, 0.6) is 11.5 Å². The van der Waals surface area contributed by atoms with Gasteiger partial charge in [0.15, 0.2) is 0 Å². The fraction of sp³-hybridized carbons (Fsp3) is 0.0435. The number of phenols is 1. The van der Waals surface area contributed by atoms with Crippen molar-refractivity contribution in [1.82, 2.24) is 0 Å². The second kappa shape index (κ2) is 7.13. The number of methoxy groups -OCH3 is 1. The fourth-order valence-corrected chi connectivity index (χ4v) is 3.46. The van der Waals surface area contributed by atoms with E-state index in [1.807, 2.05) is 0 Å². The van der Waals surface area contributed by atoms with Crippen molar-refractivity contribution in [3.8, 4) is 33.8 Å². The van der Waals surface area contributed by atoms with Crippen LogP contribution >= 0.6 is 11.6 Å². The smallest absolute Gasteiger partial charge is 0.132 e. The molecule has 0 heterocycles. The van der Waals surface area contributed by atoms with Gasteiger partial charge in [-0.15, -0.1) is 0 Å². The molecular formula is C23H15ClF2O2. The predicted octanol–water partition coefficient (Wildman–Crippen LogP) is 6.82. The molecule has 0 amide bonds. The number of rotatable bonds is 3. The van der Waals surface area contributed by atoms with Gasteiger partial charge < -0.3 is 9.84 Å². The first-order valence-electron chi connectivity index (χ1n) is 8.53. The van der Waals surface area contributed by atoms with Gasteiger partial charge in [-0.1, -0.05) is 29.8 Å². The minimum atomic E-state index is -0.474. The van der Waals surface area contributed by atoms with Gasteiger partial charge in [0.05, 0.1) is 7.11 Å². The van der Waals surface area contributed by atoms with Crippen molar-refractivity contribution in [2.45, 2.75) is 0 Å². The highest BCUT2D eigenvalue weighted by molar-refractivity contribution is 6.30. The molecule has 0 unspecified atom stereocenters. The van der Waals surface area contributed by atoms with Crippen molar-refractivity contribution in [2.75, 3.05) is 7.11 Å². The highest BCUT2D eigenvalue weighted by atomic mass is 35.5. The van der Waals surface area contributed by atoms with E-state index in [2.05, 4.69) is 0 Å². The molecule has 2 nitrogen and oxygen atoms in total. The van der Waals surface area contributed by atoms with Gasteiger partial charge in [-0.25, -0.2) is 8.78 Å². The van der Waals surface area contributed by atoms with E-state index in [9.17, 15) is 13.9 Å². The van der Waals surface area contributed by atoms with E-state index < -0.39 is 11.6 Å². The third kappa shape index (κ3) is 3.16. The summed E-state index contributed by atoms with van der Waals surface area (Å²) in [6.45, 7) is 0. The molecule has 0 aromatic heterocycles. The summed E-state index contributed by atoms with van der Waals surface area (Å²) in [6.07, 6.45) is 0. The second-order valence-corrected chi connectivity index (χ2v) is 6.81. The average Bonchev–Trinajstić information content (AvgIpc) is 2.67. The Morgan fingerprint density at radius 3 is 2.14 bits per heavy atom. The Bertz CT molecular complexity index is 1200. The molecule has 140 valence electrons. The van der Waals surface area contributed by atoms with Crippen LogP contribution in [0, 0.1) is 11.6 Å². The molecule has 28 heavy (non-hydrogen) atoms. The van der Waals surface area contributed by atoms with Crippen molar-refractivity contribution < 1.29 is 18.6 Å². The van der Waals surface area contributed by atoms with E-state index in [0.29, 0.717) is 38.2 Å². The molecule has 0 aliphatic carbocycles. The average molecular weight is 397 g/mol. The molecule has 0 radical (unpaired) electrons. The van der Waals surface area contributed by atoms with Gasteiger partial charge in [-0.2, -0.15) is 0 Å². The largest absolute Gasteiger partial charge is 0.507 e. The number of aromatic hydroxyl groups is 1. The summed E-state index contributed by atoms with van der Waals surface area (Å²) in [5.74, 6) is -0.510. The zero-order valence-corrected chi connectivity index (χ0v) is 15.6. The molecular weight excluding hydrogens is 382 g/mol. The quantitative estimate of drug-likeness (QED) is 0.411. The lowest BCUT2D eigenvalue weighted by Crippen LogP contribution is -1.92. The summed E-state index contributed by atoms with van der Waals surface area (Å²) in [6, 6.07) is 17.3. The maximum atomic E-state index is 14.5. The molecule has 0 aliphatic rings. The Labute approximate surface area is 165 Å². The number of hydrogen-bond donors (Lipinski definition) is 1. The predicted molar refractivity (Wildman–Crippen MR) is 108 cm³/mol. The van der Waals surface area contributed by atoms with Gasteiger partial charge in [0.1, 0.15) is 23.1 Å². The van der Waals surface area contributed by atoms with E-state index in [1.54, 1.807) is 54.6 Å². The molecule has 4 aromatic rings. The monoisotopic (exact) mass is 396 g/mol. The number of hydrogen-bond acceptors (Lipinski definition) is 2. The van der Waals surface area contributed by atoms with Crippen LogP contribution in [0.3, 0.4) is 0 Å². The van der Waals surface area contributed by atoms with Gasteiger partial charge in [0.2, 0.25) is 0 Å². The van der Waals surface area contributed by atoms with E-state index >= 15 is 0 Å². The summed E-state index contributed by atoms with van der Waals surface area (Å²) >= 11 is 5.86. The molecule has 0 saturated heterocycles. The van der Waals surface area contributed by atoms with Crippen LogP contribution in [0.4, 0.5) is 8.78 Å². The van der Waals surface area contributed by atoms with Gasteiger partial charge in [0.25, 0.3) is 0 Å². The van der Waals surface area contributed by atoms with Crippen LogP contribution in [-0.4, -0.2) is 12.2 Å². The summed E-state index contributed by atoms with van der Waals surface area (Å²) < 4.78 is 34.1. The summed E-state index contributed by atoms with van der Waals surface area (Å²) in [5, 5.41) is 12.1. The highest BCUT2D eigenvalue weighted by Gasteiger charge is 2.16. The SMILES string of the molecule is COc1cc2cc(O)c(-c3ccccc3F)cc2cc1-c1ccc(Cl)cc1F. The molecule has 5 heteroatoms. The molecule has 0 atom stereocenters.